The van der Waals surface area contributed by atoms with Crippen LogP contribution in [0.15, 0.2) is 0 Å². The smallest absolute Gasteiger partial charge is 0.130 e. The molecule has 4 heavy (non-hydrogen) atoms. The summed E-state index contributed by atoms with van der Waals surface area (Å²) < 4.78 is 0. The summed E-state index contributed by atoms with van der Waals surface area (Å²) in [5, 5.41) is 8.63. The molecule has 0 bridgehead atoms. The van der Waals surface area contributed by atoms with Crippen molar-refractivity contribution >= 4 is 36.6 Å². The van der Waals surface area contributed by atoms with Gasteiger partial charge in [0, 0.05) is 0 Å². The number of rotatable bonds is 0. The first-order valence-corrected chi connectivity index (χ1v) is 0.894. The molecular weight excluding hydrogens is 185 g/mol. The molecule has 3 heteroatoms. The Morgan fingerprint density at radius 2 is 1.75 bits per heavy atom. The topological polar surface area (TPSA) is 23.8 Å². The van der Waals surface area contributed by atoms with E-state index in [4.69, 9.17) is 5.26 Å². The van der Waals surface area contributed by atoms with Crippen LogP contribution in [0.2, 0.25) is 0 Å². The predicted octanol–water partition coefficient (Wildman–Crippen LogP) is 1.02. The number of hydrogen-bond acceptors (Lipinski definition) is 2. The van der Waals surface area contributed by atoms with Crippen LogP contribution in [0.3, 0.4) is 0 Å². The Balaban J connectivity index is 0. The van der Waals surface area contributed by atoms with Crippen molar-refractivity contribution in [3.05, 3.63) is 0 Å². The van der Waals surface area contributed by atoms with Crippen LogP contribution >= 0.6 is 36.6 Å². The largest absolute Gasteiger partial charge is 0.185 e. The molecule has 0 aliphatic carbocycles. The molecule has 0 atom stereocenters. The number of nitrogens with zero attached hydrogens (tertiary/aromatic N) is 1. The first-order chi connectivity index (χ1) is 1.41. The summed E-state index contributed by atoms with van der Waals surface area (Å²) in [6.45, 7) is 0. The highest BCUT2D eigenvalue weighted by atomic mass is 127. The molecule has 0 aromatic heterocycles. The number of hydrogen-bond donors (Lipinski definition) is 1. The van der Waals surface area contributed by atoms with Crippen molar-refractivity contribution in [1.29, 1.82) is 5.26 Å². The predicted molar refractivity (Wildman–Crippen MR) is 30.0 cm³/mol. The van der Waals surface area contributed by atoms with Crippen molar-refractivity contribution in [3.63, 3.8) is 0 Å². The van der Waals surface area contributed by atoms with Crippen molar-refractivity contribution < 1.29 is 0 Å². The average molecular weight is 187 g/mol. The molecule has 0 saturated heterocycles. The molecule has 0 spiro atoms. The van der Waals surface area contributed by atoms with Gasteiger partial charge in [-0.1, -0.05) is 12.6 Å². The molecule has 24 valence electrons. The maximum Gasteiger partial charge on any atom is 0.130 e. The van der Waals surface area contributed by atoms with E-state index in [9.17, 15) is 0 Å². The van der Waals surface area contributed by atoms with Crippen LogP contribution in [0.1, 0.15) is 0 Å². The van der Waals surface area contributed by atoms with E-state index in [1.807, 2.05) is 0 Å². The Morgan fingerprint density at radius 3 is 1.75 bits per heavy atom. The second kappa shape index (κ2) is 9.57. The summed E-state index contributed by atoms with van der Waals surface area (Å²) in [5.41, 5.74) is 0. The molecule has 0 unspecified atom stereocenters. The number of nitriles is 1. The van der Waals surface area contributed by atoms with Gasteiger partial charge in [-0.15, -0.1) is 24.0 Å². The van der Waals surface area contributed by atoms with Crippen LogP contribution in [0.4, 0.5) is 0 Å². The van der Waals surface area contributed by atoms with Gasteiger partial charge in [0.15, 0.2) is 0 Å². The zero-order chi connectivity index (χ0) is 2.71. The fourth-order valence-electron chi connectivity index (χ4n) is 0. The van der Waals surface area contributed by atoms with Gasteiger partial charge >= 0.3 is 0 Å². The van der Waals surface area contributed by atoms with Crippen LogP contribution in [0, 0.1) is 10.7 Å². The van der Waals surface area contributed by atoms with Crippen LogP contribution in [-0.4, -0.2) is 0 Å². The lowest BCUT2D eigenvalue weighted by atomic mass is 11.8. The van der Waals surface area contributed by atoms with Gasteiger partial charge in [-0.2, -0.15) is 5.26 Å². The minimum Gasteiger partial charge on any atom is -0.185 e. The first kappa shape index (κ1) is 8.82. The SMILES string of the molecule is I.N#CS. The Labute approximate surface area is 47.4 Å². The van der Waals surface area contributed by atoms with Crippen LogP contribution in [-0.2, 0) is 0 Å². The third-order valence-electron chi connectivity index (χ3n) is 0. The summed E-state index contributed by atoms with van der Waals surface area (Å²) in [6.07, 6.45) is 0. The fourth-order valence-corrected chi connectivity index (χ4v) is 0. The van der Waals surface area contributed by atoms with Crippen LogP contribution in [0.5, 0.6) is 0 Å². The molecule has 0 aliphatic heterocycles. The number of halogens is 1. The standard InChI is InChI=1S/CHNS.HI/c2-1-3;/h3H;1H. The van der Waals surface area contributed by atoms with E-state index in [-0.39, 0.29) is 24.0 Å². The zero-order valence-corrected chi connectivity index (χ0v) is 5.03. The molecule has 0 radical (unpaired) electrons. The van der Waals surface area contributed by atoms with E-state index < -0.39 is 0 Å². The molecule has 0 aromatic rings. The highest BCUT2D eigenvalue weighted by Crippen LogP contribution is 1.46. The third-order valence-corrected chi connectivity index (χ3v) is 0. The second-order valence-corrected chi connectivity index (χ2v) is 0.300. The van der Waals surface area contributed by atoms with E-state index in [1.54, 1.807) is 0 Å². The number of thiol groups is 1. The molecule has 0 aliphatic rings. The summed E-state index contributed by atoms with van der Waals surface area (Å²) in [4.78, 5) is 0. The van der Waals surface area contributed by atoms with Crippen molar-refractivity contribution in [2.45, 2.75) is 0 Å². The van der Waals surface area contributed by atoms with Crippen molar-refractivity contribution in [3.8, 4) is 5.40 Å². The molecule has 0 aromatic carbocycles. The highest BCUT2D eigenvalue weighted by molar-refractivity contribution is 14.0. The van der Waals surface area contributed by atoms with Gasteiger partial charge in [-0.05, 0) is 0 Å². The van der Waals surface area contributed by atoms with Gasteiger partial charge in [0.1, 0.15) is 5.40 Å². The van der Waals surface area contributed by atoms with Gasteiger partial charge in [0.2, 0.25) is 0 Å². The Hall–Kier alpha value is 0.570. The minimum atomic E-state index is 0. The van der Waals surface area contributed by atoms with Gasteiger partial charge in [-0.25, -0.2) is 0 Å². The van der Waals surface area contributed by atoms with Crippen LogP contribution < -0.4 is 0 Å². The van der Waals surface area contributed by atoms with Crippen molar-refractivity contribution in [2.75, 3.05) is 0 Å². The maximum atomic E-state index is 7.18. The average Bonchev–Trinajstić information content (AvgIpc) is 0.918. The van der Waals surface area contributed by atoms with E-state index >= 15 is 0 Å². The van der Waals surface area contributed by atoms with E-state index in [1.165, 1.54) is 5.40 Å². The Kier molecular flexibility index (Phi) is 21.1. The van der Waals surface area contributed by atoms with E-state index in [0.29, 0.717) is 0 Å². The van der Waals surface area contributed by atoms with E-state index in [0.717, 1.165) is 0 Å². The normalized spacial score (nSPS) is 2.00. The molecule has 0 N–H and O–H groups in total. The Morgan fingerprint density at radius 1 is 1.75 bits per heavy atom. The summed E-state index contributed by atoms with van der Waals surface area (Å²) in [5.74, 6) is 0. The van der Waals surface area contributed by atoms with Crippen LogP contribution in [0.25, 0.3) is 0 Å². The van der Waals surface area contributed by atoms with Gasteiger partial charge in [0.25, 0.3) is 0 Å². The second-order valence-electron chi connectivity index (χ2n) is 0.100. The molecule has 0 saturated carbocycles. The quantitative estimate of drug-likeness (QED) is 0.341. The summed E-state index contributed by atoms with van der Waals surface area (Å²) in [7, 11) is 0. The Bertz CT molecular complexity index is 29.5. The number of thiocyanates is 1. The maximum absolute atomic E-state index is 7.18. The lowest BCUT2D eigenvalue weighted by Crippen LogP contribution is -0.961. The molecule has 0 fully saturated rings. The summed E-state index contributed by atoms with van der Waals surface area (Å²) in [6, 6.07) is 0. The van der Waals surface area contributed by atoms with Gasteiger partial charge in [-0.3, -0.25) is 0 Å². The third kappa shape index (κ3) is 19.5. The van der Waals surface area contributed by atoms with E-state index in [2.05, 4.69) is 12.6 Å². The van der Waals surface area contributed by atoms with Crippen molar-refractivity contribution in [2.24, 2.45) is 0 Å². The first-order valence-electron chi connectivity index (χ1n) is 0.447. The monoisotopic (exact) mass is 187 g/mol. The summed E-state index contributed by atoms with van der Waals surface area (Å²) >= 11 is 3.09. The lowest BCUT2D eigenvalue weighted by molar-refractivity contribution is 1.57. The molecular formula is CH2INS. The van der Waals surface area contributed by atoms with Gasteiger partial charge in [0.05, 0.1) is 0 Å². The molecule has 0 rings (SSSR count). The molecule has 0 heterocycles. The minimum absolute atomic E-state index is 0. The molecule has 1 nitrogen and oxygen atoms in total. The van der Waals surface area contributed by atoms with Gasteiger partial charge < -0.3 is 0 Å². The lowest BCUT2D eigenvalue weighted by Gasteiger charge is -1.14. The van der Waals surface area contributed by atoms with Crippen molar-refractivity contribution in [1.82, 2.24) is 0 Å². The fraction of sp³-hybridized carbons (Fsp3) is 0. The zero-order valence-electron chi connectivity index (χ0n) is 1.80. The molecule has 0 amide bonds. The highest BCUT2D eigenvalue weighted by Gasteiger charge is 1.18.